The molecule has 0 aliphatic carbocycles. The molecule has 4 nitrogen and oxygen atoms in total. The Bertz CT molecular complexity index is 341. The minimum Gasteiger partial charge on any atom is -0.497 e. The van der Waals surface area contributed by atoms with Gasteiger partial charge in [0.15, 0.2) is 0 Å². The smallest absolute Gasteiger partial charge is 0.122 e. The van der Waals surface area contributed by atoms with Crippen molar-refractivity contribution in [2.24, 2.45) is 5.73 Å². The van der Waals surface area contributed by atoms with Gasteiger partial charge in [0.1, 0.15) is 17.5 Å². The highest BCUT2D eigenvalue weighted by atomic mass is 35.5. The van der Waals surface area contributed by atoms with E-state index in [0.717, 1.165) is 0 Å². The van der Waals surface area contributed by atoms with Crippen molar-refractivity contribution < 1.29 is 9.47 Å². The zero-order chi connectivity index (χ0) is 10.6. The number of hydrogen-bond donors (Lipinski definition) is 1. The van der Waals surface area contributed by atoms with Gasteiger partial charge in [-0.2, -0.15) is 5.26 Å². The highest BCUT2D eigenvalue weighted by molar-refractivity contribution is 5.85. The van der Waals surface area contributed by atoms with Gasteiger partial charge in [0.25, 0.3) is 0 Å². The van der Waals surface area contributed by atoms with Gasteiger partial charge in [0.2, 0.25) is 0 Å². The number of halogens is 1. The van der Waals surface area contributed by atoms with Gasteiger partial charge in [-0.05, 0) is 17.7 Å². The summed E-state index contributed by atoms with van der Waals surface area (Å²) >= 11 is 0. The lowest BCUT2D eigenvalue weighted by Gasteiger charge is -2.09. The van der Waals surface area contributed by atoms with Crippen molar-refractivity contribution >= 4 is 12.4 Å². The van der Waals surface area contributed by atoms with Crippen LogP contribution in [0.2, 0.25) is 0 Å². The van der Waals surface area contributed by atoms with E-state index in [4.69, 9.17) is 20.5 Å². The van der Waals surface area contributed by atoms with Crippen molar-refractivity contribution in [3.63, 3.8) is 0 Å². The summed E-state index contributed by atoms with van der Waals surface area (Å²) in [5.41, 5.74) is 6.25. The summed E-state index contributed by atoms with van der Waals surface area (Å²) in [7, 11) is 3.10. The second-order valence-corrected chi connectivity index (χ2v) is 2.75. The quantitative estimate of drug-likeness (QED) is 0.854. The first kappa shape index (κ1) is 13.6. The Hall–Kier alpha value is -1.44. The number of hydrogen-bond acceptors (Lipinski definition) is 4. The molecule has 0 amide bonds. The van der Waals surface area contributed by atoms with Crippen LogP contribution in [0, 0.1) is 11.3 Å². The van der Waals surface area contributed by atoms with Crippen molar-refractivity contribution in [2.75, 3.05) is 14.2 Å². The van der Waals surface area contributed by atoms with Crippen LogP contribution >= 0.6 is 12.4 Å². The molecular weight excluding hydrogens is 216 g/mol. The van der Waals surface area contributed by atoms with Crippen LogP contribution in [0.5, 0.6) is 11.5 Å². The van der Waals surface area contributed by atoms with Crippen LogP contribution in [0.15, 0.2) is 18.2 Å². The maximum atomic E-state index is 8.66. The summed E-state index contributed by atoms with van der Waals surface area (Å²) < 4.78 is 10.1. The van der Waals surface area contributed by atoms with Gasteiger partial charge in [-0.25, -0.2) is 0 Å². The van der Waals surface area contributed by atoms with E-state index in [-0.39, 0.29) is 12.4 Å². The molecule has 0 aliphatic rings. The molecule has 0 saturated heterocycles. The third-order valence-corrected chi connectivity index (χ3v) is 1.87. The molecule has 0 bridgehead atoms. The van der Waals surface area contributed by atoms with Gasteiger partial charge in [-0.3, -0.25) is 0 Å². The zero-order valence-corrected chi connectivity index (χ0v) is 9.38. The molecule has 0 radical (unpaired) electrons. The minimum absolute atomic E-state index is 0. The predicted octanol–water partition coefficient (Wildman–Crippen LogP) is 1.65. The number of nitriles is 1. The van der Waals surface area contributed by atoms with Gasteiger partial charge in [0, 0.05) is 6.07 Å². The van der Waals surface area contributed by atoms with Crippen LogP contribution < -0.4 is 15.2 Å². The summed E-state index contributed by atoms with van der Waals surface area (Å²) in [4.78, 5) is 0. The lowest BCUT2D eigenvalue weighted by molar-refractivity contribution is 0.393. The van der Waals surface area contributed by atoms with E-state index in [9.17, 15) is 0 Å². The van der Waals surface area contributed by atoms with E-state index < -0.39 is 6.04 Å². The Labute approximate surface area is 95.0 Å². The van der Waals surface area contributed by atoms with E-state index >= 15 is 0 Å². The predicted molar refractivity (Wildman–Crippen MR) is 59.3 cm³/mol. The number of nitrogens with two attached hydrogens (primary N) is 1. The second kappa shape index (κ2) is 6.12. The molecule has 5 heteroatoms. The number of nitrogens with zero attached hydrogens (tertiary/aromatic N) is 1. The molecule has 1 atom stereocenters. The molecule has 1 rings (SSSR count). The zero-order valence-electron chi connectivity index (χ0n) is 8.56. The average Bonchev–Trinajstić information content (AvgIpc) is 2.27. The van der Waals surface area contributed by atoms with E-state index in [0.29, 0.717) is 17.1 Å². The Morgan fingerprint density at radius 2 is 1.67 bits per heavy atom. The molecular formula is C10H13ClN2O2. The lowest BCUT2D eigenvalue weighted by atomic mass is 10.1. The fraction of sp³-hybridized carbons (Fsp3) is 0.300. The van der Waals surface area contributed by atoms with Crippen LogP contribution in [0.4, 0.5) is 0 Å². The van der Waals surface area contributed by atoms with E-state index in [1.54, 1.807) is 32.4 Å². The highest BCUT2D eigenvalue weighted by Crippen LogP contribution is 2.25. The largest absolute Gasteiger partial charge is 0.497 e. The fourth-order valence-electron chi connectivity index (χ4n) is 1.08. The van der Waals surface area contributed by atoms with E-state index in [1.165, 1.54) is 0 Å². The summed E-state index contributed by atoms with van der Waals surface area (Å²) in [6, 6.07) is 6.46. The van der Waals surface area contributed by atoms with Crippen LogP contribution in [0.25, 0.3) is 0 Å². The number of ether oxygens (including phenoxy) is 2. The van der Waals surface area contributed by atoms with E-state index in [2.05, 4.69) is 0 Å². The van der Waals surface area contributed by atoms with Gasteiger partial charge in [-0.1, -0.05) is 0 Å². The van der Waals surface area contributed by atoms with Crippen LogP contribution in [0.3, 0.4) is 0 Å². The molecule has 15 heavy (non-hydrogen) atoms. The third-order valence-electron chi connectivity index (χ3n) is 1.87. The van der Waals surface area contributed by atoms with Crippen molar-refractivity contribution in [1.29, 1.82) is 5.26 Å². The van der Waals surface area contributed by atoms with Crippen molar-refractivity contribution in [3.8, 4) is 17.6 Å². The molecule has 2 N–H and O–H groups in total. The normalized spacial score (nSPS) is 10.8. The Balaban J connectivity index is 0.00000196. The van der Waals surface area contributed by atoms with E-state index in [1.807, 2.05) is 6.07 Å². The standard InChI is InChI=1S/C10H12N2O2.ClH/c1-13-8-3-7(10(12)6-11)4-9(5-8)14-2;/h3-5,10H,12H2,1-2H3;1H. The lowest BCUT2D eigenvalue weighted by Crippen LogP contribution is -2.07. The molecule has 1 aromatic carbocycles. The SMILES string of the molecule is COc1cc(OC)cc(C(N)C#N)c1.Cl. The van der Waals surface area contributed by atoms with Crippen LogP contribution in [0.1, 0.15) is 11.6 Å². The molecule has 82 valence electrons. The van der Waals surface area contributed by atoms with Crippen LogP contribution in [-0.4, -0.2) is 14.2 Å². The summed E-state index contributed by atoms with van der Waals surface area (Å²) in [6.07, 6.45) is 0. The van der Waals surface area contributed by atoms with Gasteiger partial charge < -0.3 is 15.2 Å². The third kappa shape index (κ3) is 3.31. The number of benzene rings is 1. The van der Waals surface area contributed by atoms with Gasteiger partial charge >= 0.3 is 0 Å². The summed E-state index contributed by atoms with van der Waals surface area (Å²) in [5.74, 6) is 1.26. The van der Waals surface area contributed by atoms with Crippen LogP contribution in [-0.2, 0) is 0 Å². The molecule has 1 unspecified atom stereocenters. The molecule has 0 fully saturated rings. The summed E-state index contributed by atoms with van der Waals surface area (Å²) in [5, 5.41) is 8.66. The first-order valence-electron chi connectivity index (χ1n) is 4.09. The monoisotopic (exact) mass is 228 g/mol. The van der Waals surface area contributed by atoms with Gasteiger partial charge in [-0.15, -0.1) is 12.4 Å². The summed E-state index contributed by atoms with van der Waals surface area (Å²) in [6.45, 7) is 0. The van der Waals surface area contributed by atoms with Crippen molar-refractivity contribution in [1.82, 2.24) is 0 Å². The van der Waals surface area contributed by atoms with Crippen molar-refractivity contribution in [3.05, 3.63) is 23.8 Å². The molecule has 0 heterocycles. The fourth-order valence-corrected chi connectivity index (χ4v) is 1.08. The molecule has 1 aromatic rings. The molecule has 0 aliphatic heterocycles. The molecule has 0 saturated carbocycles. The van der Waals surface area contributed by atoms with Crippen molar-refractivity contribution in [2.45, 2.75) is 6.04 Å². The average molecular weight is 229 g/mol. The topological polar surface area (TPSA) is 68.3 Å². The Morgan fingerprint density at radius 3 is 2.00 bits per heavy atom. The molecule has 0 spiro atoms. The minimum atomic E-state index is -0.654. The Morgan fingerprint density at radius 1 is 1.20 bits per heavy atom. The number of rotatable bonds is 3. The highest BCUT2D eigenvalue weighted by Gasteiger charge is 2.08. The maximum absolute atomic E-state index is 8.66. The Kier molecular flexibility index (Phi) is 5.53. The molecule has 0 aromatic heterocycles. The van der Waals surface area contributed by atoms with Gasteiger partial charge in [0.05, 0.1) is 20.3 Å². The number of methoxy groups -OCH3 is 2. The second-order valence-electron chi connectivity index (χ2n) is 2.75. The first-order chi connectivity index (χ1) is 6.71. The maximum Gasteiger partial charge on any atom is 0.122 e. The first-order valence-corrected chi connectivity index (χ1v) is 4.09.